The molecule has 24 heavy (non-hydrogen) atoms. The van der Waals surface area contributed by atoms with Gasteiger partial charge in [-0.3, -0.25) is 14.5 Å². The third kappa shape index (κ3) is 3.76. The van der Waals surface area contributed by atoms with Crippen LogP contribution in [0.2, 0.25) is 0 Å². The minimum atomic E-state index is -0.217. The zero-order valence-electron chi connectivity index (χ0n) is 13.1. The number of fused-ring (bicyclic) bond motifs is 1. The molecule has 9 heteroatoms. The number of benzene rings is 1. The Morgan fingerprint density at radius 2 is 2.12 bits per heavy atom. The quantitative estimate of drug-likeness (QED) is 0.526. The average molecular weight is 329 g/mol. The number of aromatic nitrogens is 5. The molecule has 0 radical (unpaired) electrons. The van der Waals surface area contributed by atoms with Crippen molar-refractivity contribution in [2.75, 3.05) is 25.1 Å². The Morgan fingerprint density at radius 3 is 2.92 bits per heavy atom. The highest BCUT2D eigenvalue weighted by molar-refractivity contribution is 6.02. The predicted molar refractivity (Wildman–Crippen MR) is 88.7 cm³/mol. The Hall–Kier alpha value is -2.78. The van der Waals surface area contributed by atoms with Gasteiger partial charge in [-0.05, 0) is 31.5 Å². The van der Waals surface area contributed by atoms with E-state index in [1.807, 2.05) is 12.1 Å². The summed E-state index contributed by atoms with van der Waals surface area (Å²) < 4.78 is 7.10. The van der Waals surface area contributed by atoms with Gasteiger partial charge in [-0.1, -0.05) is 0 Å². The zero-order chi connectivity index (χ0) is 16.8. The van der Waals surface area contributed by atoms with Gasteiger partial charge in [0.15, 0.2) is 0 Å². The fourth-order valence-electron chi connectivity index (χ4n) is 2.32. The number of nitrogens with zero attached hydrogens (tertiary/aromatic N) is 4. The topological polar surface area (TPSA) is 124 Å². The minimum Gasteiger partial charge on any atom is -0.372 e. The second-order valence-corrected chi connectivity index (χ2v) is 5.29. The standard InChI is InChI=1S/C15H19N7O2/c16-3-1-2-4-24-8-15(23)20-13-5-11(22-9-18-19-10-22)6-14-12(13)7-17-21-14/h5-7,9-10H,1-4,8,16H2,(H,17,21)(H,20,23). The molecule has 2 heterocycles. The summed E-state index contributed by atoms with van der Waals surface area (Å²) in [5, 5.41) is 18.2. The fourth-order valence-corrected chi connectivity index (χ4v) is 2.32. The molecule has 0 aliphatic carbocycles. The van der Waals surface area contributed by atoms with Gasteiger partial charge in [0.25, 0.3) is 0 Å². The summed E-state index contributed by atoms with van der Waals surface area (Å²) in [6.07, 6.45) is 6.58. The van der Waals surface area contributed by atoms with Crippen molar-refractivity contribution in [3.05, 3.63) is 31.0 Å². The molecule has 0 saturated carbocycles. The van der Waals surface area contributed by atoms with Gasteiger partial charge < -0.3 is 15.8 Å². The van der Waals surface area contributed by atoms with Crippen LogP contribution in [0.15, 0.2) is 31.0 Å². The molecule has 0 bridgehead atoms. The predicted octanol–water partition coefficient (Wildman–Crippen LogP) is 0.838. The number of hydrogen-bond acceptors (Lipinski definition) is 6. The summed E-state index contributed by atoms with van der Waals surface area (Å²) in [6.45, 7) is 1.15. The third-order valence-electron chi connectivity index (χ3n) is 3.51. The molecule has 1 aromatic carbocycles. The fraction of sp³-hybridized carbons (Fsp3) is 0.333. The molecule has 126 valence electrons. The Bertz CT molecular complexity index is 797. The molecule has 0 unspecified atom stereocenters. The van der Waals surface area contributed by atoms with Gasteiger partial charge >= 0.3 is 0 Å². The van der Waals surface area contributed by atoms with E-state index >= 15 is 0 Å². The molecule has 0 fully saturated rings. The number of anilines is 1. The number of carbonyl (C=O) groups is 1. The Balaban J connectivity index is 1.71. The Morgan fingerprint density at radius 1 is 1.29 bits per heavy atom. The first kappa shape index (κ1) is 16.1. The van der Waals surface area contributed by atoms with Gasteiger partial charge in [-0.2, -0.15) is 5.10 Å². The number of carbonyl (C=O) groups excluding carboxylic acids is 1. The Labute approximate surface area is 138 Å². The zero-order valence-corrected chi connectivity index (χ0v) is 13.1. The summed E-state index contributed by atoms with van der Waals surface area (Å²) in [5.41, 5.74) is 7.69. The van der Waals surface area contributed by atoms with E-state index in [0.29, 0.717) is 18.8 Å². The summed E-state index contributed by atoms with van der Waals surface area (Å²) in [5.74, 6) is -0.217. The van der Waals surface area contributed by atoms with Crippen molar-refractivity contribution >= 4 is 22.5 Å². The van der Waals surface area contributed by atoms with Crippen LogP contribution >= 0.6 is 0 Å². The molecule has 0 spiro atoms. The molecule has 0 atom stereocenters. The number of nitrogens with one attached hydrogen (secondary N) is 2. The van der Waals surface area contributed by atoms with Crippen molar-refractivity contribution in [3.8, 4) is 5.69 Å². The van der Waals surface area contributed by atoms with Crippen molar-refractivity contribution in [2.24, 2.45) is 5.73 Å². The molecule has 4 N–H and O–H groups in total. The molecule has 0 saturated heterocycles. The first-order valence-electron chi connectivity index (χ1n) is 7.67. The van der Waals surface area contributed by atoms with Crippen molar-refractivity contribution in [1.29, 1.82) is 0 Å². The smallest absolute Gasteiger partial charge is 0.250 e. The second kappa shape index (κ2) is 7.66. The number of nitrogens with two attached hydrogens (primary N) is 1. The SMILES string of the molecule is NCCCCOCC(=O)Nc1cc(-n2cnnc2)cc2[nH]ncc12. The summed E-state index contributed by atoms with van der Waals surface area (Å²) in [6, 6.07) is 3.75. The second-order valence-electron chi connectivity index (χ2n) is 5.29. The molecule has 0 aliphatic rings. The maximum absolute atomic E-state index is 12.1. The van der Waals surface area contributed by atoms with Crippen LogP contribution in [0, 0.1) is 0 Å². The molecular weight excluding hydrogens is 310 g/mol. The van der Waals surface area contributed by atoms with Crippen molar-refractivity contribution in [2.45, 2.75) is 12.8 Å². The molecule has 1 amide bonds. The number of hydrogen-bond donors (Lipinski definition) is 3. The van der Waals surface area contributed by atoms with Crippen LogP contribution in [0.1, 0.15) is 12.8 Å². The molecular formula is C15H19N7O2. The van der Waals surface area contributed by atoms with E-state index in [9.17, 15) is 4.79 Å². The molecule has 0 aliphatic heterocycles. The van der Waals surface area contributed by atoms with Crippen LogP contribution in [0.4, 0.5) is 5.69 Å². The van der Waals surface area contributed by atoms with Gasteiger partial charge in [-0.15, -0.1) is 10.2 Å². The first-order valence-corrected chi connectivity index (χ1v) is 7.67. The highest BCUT2D eigenvalue weighted by Gasteiger charge is 2.10. The van der Waals surface area contributed by atoms with E-state index in [2.05, 4.69) is 25.7 Å². The monoisotopic (exact) mass is 329 g/mol. The average Bonchev–Trinajstić information content (AvgIpc) is 3.26. The van der Waals surface area contributed by atoms with E-state index < -0.39 is 0 Å². The summed E-state index contributed by atoms with van der Waals surface area (Å²) >= 11 is 0. The van der Waals surface area contributed by atoms with Crippen molar-refractivity contribution < 1.29 is 9.53 Å². The normalized spacial score (nSPS) is 11.0. The van der Waals surface area contributed by atoms with E-state index in [1.54, 1.807) is 23.4 Å². The van der Waals surface area contributed by atoms with Crippen LogP contribution in [0.5, 0.6) is 0 Å². The molecule has 9 nitrogen and oxygen atoms in total. The van der Waals surface area contributed by atoms with Crippen molar-refractivity contribution in [3.63, 3.8) is 0 Å². The first-order chi connectivity index (χ1) is 11.8. The van der Waals surface area contributed by atoms with Crippen molar-refractivity contribution in [1.82, 2.24) is 25.0 Å². The number of H-pyrrole nitrogens is 1. The number of ether oxygens (including phenoxy) is 1. The molecule has 2 aromatic heterocycles. The number of aromatic amines is 1. The number of rotatable bonds is 8. The lowest BCUT2D eigenvalue weighted by Gasteiger charge is -2.10. The van der Waals surface area contributed by atoms with Crippen LogP contribution in [-0.4, -0.2) is 50.6 Å². The van der Waals surface area contributed by atoms with Gasteiger partial charge in [0.2, 0.25) is 5.91 Å². The largest absolute Gasteiger partial charge is 0.372 e. The van der Waals surface area contributed by atoms with E-state index in [1.165, 1.54) is 0 Å². The number of unbranched alkanes of at least 4 members (excludes halogenated alkanes) is 1. The summed E-state index contributed by atoms with van der Waals surface area (Å²) in [7, 11) is 0. The third-order valence-corrected chi connectivity index (χ3v) is 3.51. The Kier molecular flexibility index (Phi) is 5.14. The van der Waals surface area contributed by atoms with E-state index in [4.69, 9.17) is 10.5 Å². The van der Waals surface area contributed by atoms with Gasteiger partial charge in [0.1, 0.15) is 19.3 Å². The maximum Gasteiger partial charge on any atom is 0.250 e. The van der Waals surface area contributed by atoms with Gasteiger partial charge in [0, 0.05) is 12.0 Å². The van der Waals surface area contributed by atoms with Crippen LogP contribution in [-0.2, 0) is 9.53 Å². The van der Waals surface area contributed by atoms with E-state index in [-0.39, 0.29) is 12.5 Å². The van der Waals surface area contributed by atoms with Crippen LogP contribution in [0.25, 0.3) is 16.6 Å². The lowest BCUT2D eigenvalue weighted by atomic mass is 10.2. The maximum atomic E-state index is 12.1. The number of amides is 1. The van der Waals surface area contributed by atoms with Crippen LogP contribution in [0.3, 0.4) is 0 Å². The van der Waals surface area contributed by atoms with E-state index in [0.717, 1.165) is 29.4 Å². The van der Waals surface area contributed by atoms with Gasteiger partial charge in [-0.25, -0.2) is 0 Å². The lowest BCUT2D eigenvalue weighted by molar-refractivity contribution is -0.120. The molecule has 3 aromatic rings. The minimum absolute atomic E-state index is 0.000769. The summed E-state index contributed by atoms with van der Waals surface area (Å²) in [4.78, 5) is 12.1. The highest BCUT2D eigenvalue weighted by Crippen LogP contribution is 2.25. The molecule has 3 rings (SSSR count). The lowest BCUT2D eigenvalue weighted by Crippen LogP contribution is -2.19. The van der Waals surface area contributed by atoms with Crippen LogP contribution < -0.4 is 11.1 Å². The highest BCUT2D eigenvalue weighted by atomic mass is 16.5. The van der Waals surface area contributed by atoms with Gasteiger partial charge in [0.05, 0.1) is 23.1 Å².